The number of ether oxygens (including phenoxy) is 2. The fraction of sp³-hybridized carbons (Fsp3) is 0.562. The summed E-state index contributed by atoms with van der Waals surface area (Å²) in [5, 5.41) is 3.42. The number of aryl methyl sites for hydroxylation is 1. The van der Waals surface area contributed by atoms with Crippen molar-refractivity contribution in [2.75, 3.05) is 12.4 Å². The Hall–Kier alpha value is -1.55. The van der Waals surface area contributed by atoms with Crippen LogP contribution in [0.3, 0.4) is 0 Å². The molecule has 110 valence electrons. The average Bonchev–Trinajstić information content (AvgIpc) is 2.39. The van der Waals surface area contributed by atoms with Gasteiger partial charge in [-0.3, -0.25) is 0 Å². The molecule has 1 aliphatic heterocycles. The number of hydrogen-bond acceptors (Lipinski definition) is 4. The molecule has 0 aromatic heterocycles. The van der Waals surface area contributed by atoms with E-state index in [4.69, 9.17) is 9.47 Å². The molecule has 1 aromatic carbocycles. The van der Waals surface area contributed by atoms with Crippen molar-refractivity contribution in [3.05, 3.63) is 29.8 Å². The van der Waals surface area contributed by atoms with Gasteiger partial charge in [0.05, 0.1) is 19.3 Å². The molecule has 1 fully saturated rings. The quantitative estimate of drug-likeness (QED) is 0.863. The predicted octanol–water partition coefficient (Wildman–Crippen LogP) is 2.91. The van der Waals surface area contributed by atoms with Crippen LogP contribution in [-0.2, 0) is 14.3 Å². The van der Waals surface area contributed by atoms with Crippen LogP contribution in [-0.4, -0.2) is 30.8 Å². The van der Waals surface area contributed by atoms with Crippen molar-refractivity contribution in [2.45, 2.75) is 51.4 Å². The van der Waals surface area contributed by atoms with E-state index in [-0.39, 0.29) is 18.2 Å². The summed E-state index contributed by atoms with van der Waals surface area (Å²) in [7, 11) is 1.44. The molecular formula is C16H23NO3. The van der Waals surface area contributed by atoms with E-state index in [1.807, 2.05) is 45.0 Å². The maximum absolute atomic E-state index is 12.4. The Kier molecular flexibility index (Phi) is 4.33. The van der Waals surface area contributed by atoms with Gasteiger partial charge in [0.25, 0.3) is 0 Å². The summed E-state index contributed by atoms with van der Waals surface area (Å²) in [6, 6.07) is 7.97. The van der Waals surface area contributed by atoms with Gasteiger partial charge in [-0.15, -0.1) is 0 Å². The second kappa shape index (κ2) is 5.83. The van der Waals surface area contributed by atoms with Gasteiger partial charge in [0, 0.05) is 18.5 Å². The van der Waals surface area contributed by atoms with E-state index < -0.39 is 5.54 Å². The monoisotopic (exact) mass is 277 g/mol. The van der Waals surface area contributed by atoms with Crippen LogP contribution in [0.15, 0.2) is 24.3 Å². The zero-order valence-corrected chi connectivity index (χ0v) is 12.6. The first-order chi connectivity index (χ1) is 9.47. The predicted molar refractivity (Wildman–Crippen MR) is 78.8 cm³/mol. The standard InChI is InChI=1S/C16H23NO3/c1-11-7-5-6-8-14(11)17-16(15(18)19-4)9-12(2)20-13(3)10-16/h5-8,12-13,17H,9-10H2,1-4H3. The third-order valence-corrected chi connectivity index (χ3v) is 3.83. The number of hydrogen-bond donors (Lipinski definition) is 1. The fourth-order valence-electron chi connectivity index (χ4n) is 3.04. The first kappa shape index (κ1) is 14.9. The van der Waals surface area contributed by atoms with Crippen molar-refractivity contribution in [3.8, 4) is 0 Å². The van der Waals surface area contributed by atoms with Gasteiger partial charge < -0.3 is 14.8 Å². The number of rotatable bonds is 3. The van der Waals surface area contributed by atoms with Gasteiger partial charge in [-0.2, -0.15) is 0 Å². The molecule has 0 bridgehead atoms. The molecule has 4 heteroatoms. The average molecular weight is 277 g/mol. The second-order valence-corrected chi connectivity index (χ2v) is 5.68. The number of anilines is 1. The summed E-state index contributed by atoms with van der Waals surface area (Å²) >= 11 is 0. The largest absolute Gasteiger partial charge is 0.467 e. The van der Waals surface area contributed by atoms with Crippen molar-refractivity contribution in [1.29, 1.82) is 0 Å². The highest BCUT2D eigenvalue weighted by Crippen LogP contribution is 2.34. The molecule has 0 saturated carbocycles. The van der Waals surface area contributed by atoms with Gasteiger partial charge in [0.2, 0.25) is 0 Å². The molecule has 0 spiro atoms. The Bertz CT molecular complexity index is 476. The maximum atomic E-state index is 12.4. The lowest BCUT2D eigenvalue weighted by Gasteiger charge is -2.42. The molecule has 0 radical (unpaired) electrons. The van der Waals surface area contributed by atoms with Crippen LogP contribution in [0.2, 0.25) is 0 Å². The van der Waals surface area contributed by atoms with Crippen LogP contribution in [0.4, 0.5) is 5.69 Å². The van der Waals surface area contributed by atoms with Gasteiger partial charge in [0.1, 0.15) is 5.54 Å². The van der Waals surface area contributed by atoms with E-state index in [0.717, 1.165) is 11.3 Å². The molecular weight excluding hydrogens is 254 g/mol. The lowest BCUT2D eigenvalue weighted by atomic mass is 9.83. The highest BCUT2D eigenvalue weighted by Gasteiger charge is 2.46. The molecule has 2 unspecified atom stereocenters. The molecule has 1 aromatic rings. The fourth-order valence-corrected chi connectivity index (χ4v) is 3.04. The number of benzene rings is 1. The number of methoxy groups -OCH3 is 1. The van der Waals surface area contributed by atoms with Gasteiger partial charge >= 0.3 is 5.97 Å². The van der Waals surface area contributed by atoms with Gasteiger partial charge in [-0.1, -0.05) is 18.2 Å². The summed E-state index contributed by atoms with van der Waals surface area (Å²) in [6.07, 6.45) is 1.26. The smallest absolute Gasteiger partial charge is 0.331 e. The van der Waals surface area contributed by atoms with E-state index >= 15 is 0 Å². The number of para-hydroxylation sites is 1. The zero-order valence-electron chi connectivity index (χ0n) is 12.6. The van der Waals surface area contributed by atoms with E-state index in [1.54, 1.807) is 0 Å². The Morgan fingerprint density at radius 1 is 1.30 bits per heavy atom. The van der Waals surface area contributed by atoms with Crippen LogP contribution in [0.25, 0.3) is 0 Å². The first-order valence-electron chi connectivity index (χ1n) is 7.04. The minimum Gasteiger partial charge on any atom is -0.467 e. The molecule has 1 saturated heterocycles. The minimum absolute atomic E-state index is 0.0226. The number of carbonyl (C=O) groups is 1. The zero-order chi connectivity index (χ0) is 14.8. The van der Waals surface area contributed by atoms with E-state index in [9.17, 15) is 4.79 Å². The number of carbonyl (C=O) groups excluding carboxylic acids is 1. The number of nitrogens with one attached hydrogen (secondary N) is 1. The van der Waals surface area contributed by atoms with Crippen molar-refractivity contribution in [2.24, 2.45) is 0 Å². The Morgan fingerprint density at radius 3 is 2.45 bits per heavy atom. The molecule has 20 heavy (non-hydrogen) atoms. The third kappa shape index (κ3) is 2.96. The molecule has 2 rings (SSSR count). The molecule has 0 amide bonds. The molecule has 1 N–H and O–H groups in total. The van der Waals surface area contributed by atoms with Crippen LogP contribution >= 0.6 is 0 Å². The van der Waals surface area contributed by atoms with Crippen LogP contribution < -0.4 is 5.32 Å². The van der Waals surface area contributed by atoms with Crippen molar-refractivity contribution < 1.29 is 14.3 Å². The highest BCUT2D eigenvalue weighted by atomic mass is 16.5. The van der Waals surface area contributed by atoms with Crippen LogP contribution in [0, 0.1) is 6.92 Å². The molecule has 1 heterocycles. The lowest BCUT2D eigenvalue weighted by Crippen LogP contribution is -2.55. The molecule has 2 atom stereocenters. The third-order valence-electron chi connectivity index (χ3n) is 3.83. The van der Waals surface area contributed by atoms with Crippen molar-refractivity contribution >= 4 is 11.7 Å². The molecule has 4 nitrogen and oxygen atoms in total. The summed E-state index contributed by atoms with van der Waals surface area (Å²) in [5.41, 5.74) is 1.37. The Labute approximate surface area is 120 Å². The number of esters is 1. The lowest BCUT2D eigenvalue weighted by molar-refractivity contribution is -0.154. The maximum Gasteiger partial charge on any atom is 0.331 e. The van der Waals surface area contributed by atoms with E-state index in [2.05, 4.69) is 5.32 Å². The van der Waals surface area contributed by atoms with Gasteiger partial charge in [-0.25, -0.2) is 4.79 Å². The van der Waals surface area contributed by atoms with Crippen molar-refractivity contribution in [1.82, 2.24) is 0 Å². The second-order valence-electron chi connectivity index (χ2n) is 5.68. The van der Waals surface area contributed by atoms with Gasteiger partial charge in [-0.05, 0) is 32.4 Å². The van der Waals surface area contributed by atoms with Crippen molar-refractivity contribution in [3.63, 3.8) is 0 Å². The van der Waals surface area contributed by atoms with E-state index in [1.165, 1.54) is 7.11 Å². The highest BCUT2D eigenvalue weighted by molar-refractivity contribution is 5.85. The summed E-state index contributed by atoms with van der Waals surface area (Å²) in [4.78, 5) is 12.4. The normalized spacial score (nSPS) is 29.8. The minimum atomic E-state index is -0.710. The summed E-state index contributed by atoms with van der Waals surface area (Å²) < 4.78 is 10.8. The van der Waals surface area contributed by atoms with E-state index in [0.29, 0.717) is 12.8 Å². The van der Waals surface area contributed by atoms with Gasteiger partial charge in [0.15, 0.2) is 0 Å². The first-order valence-corrected chi connectivity index (χ1v) is 7.04. The Morgan fingerprint density at radius 2 is 1.90 bits per heavy atom. The topological polar surface area (TPSA) is 47.6 Å². The SMILES string of the molecule is COC(=O)C1(Nc2ccccc2C)CC(C)OC(C)C1. The van der Waals surface area contributed by atoms with Crippen LogP contribution in [0.5, 0.6) is 0 Å². The summed E-state index contributed by atoms with van der Waals surface area (Å²) in [5.74, 6) is -0.220. The van der Waals surface area contributed by atoms with Crippen LogP contribution in [0.1, 0.15) is 32.3 Å². The summed E-state index contributed by atoms with van der Waals surface area (Å²) in [6.45, 7) is 6.01. The molecule has 0 aliphatic carbocycles. The Balaban J connectivity index is 2.33. The molecule has 1 aliphatic rings.